The number of hydrogen-bond donors (Lipinski definition) is 4. The van der Waals surface area contributed by atoms with E-state index in [4.69, 9.17) is 30.0 Å². The minimum Gasteiger partial charge on any atom is -0.479 e. The molecule has 5 rings (SSSR count). The van der Waals surface area contributed by atoms with Crippen LogP contribution in [-0.4, -0.2) is 81.8 Å². The van der Waals surface area contributed by atoms with Crippen molar-refractivity contribution >= 4 is 17.6 Å². The molecule has 9 nitrogen and oxygen atoms in total. The number of rotatable bonds is 3. The summed E-state index contributed by atoms with van der Waals surface area (Å²) in [5.74, 6) is -1.37. The van der Waals surface area contributed by atoms with E-state index in [0.717, 1.165) is 5.56 Å². The van der Waals surface area contributed by atoms with Crippen molar-refractivity contribution in [3.05, 3.63) is 58.6 Å². The lowest BCUT2D eigenvalue weighted by Crippen LogP contribution is -2.63. The third kappa shape index (κ3) is 3.89. The molecule has 3 heterocycles. The lowest BCUT2D eigenvalue weighted by molar-refractivity contribution is -1.09. The lowest BCUT2D eigenvalue weighted by Gasteiger charge is -2.40. The molecule has 33 heavy (non-hydrogen) atoms. The van der Waals surface area contributed by atoms with E-state index < -0.39 is 60.1 Å². The first-order valence-corrected chi connectivity index (χ1v) is 10.8. The zero-order chi connectivity index (χ0) is 26.0. The molecule has 0 spiro atoms. The van der Waals surface area contributed by atoms with Gasteiger partial charge < -0.3 is 29.9 Å². The fourth-order valence-corrected chi connectivity index (χ4v) is 5.10. The summed E-state index contributed by atoms with van der Waals surface area (Å²) in [5.41, 5.74) is 1.44. The van der Waals surface area contributed by atoms with Crippen LogP contribution in [0.4, 0.5) is 0 Å². The number of aliphatic hydroxyl groups is 3. The predicted molar refractivity (Wildman–Crippen MR) is 115 cm³/mol. The zero-order valence-electron chi connectivity index (χ0n) is 20.2. The van der Waals surface area contributed by atoms with Gasteiger partial charge in [0.1, 0.15) is 42.9 Å². The van der Waals surface area contributed by atoms with Crippen molar-refractivity contribution in [2.45, 2.75) is 42.5 Å². The summed E-state index contributed by atoms with van der Waals surface area (Å²) in [6.07, 6.45) is -9.51. The van der Waals surface area contributed by atoms with Gasteiger partial charge in [-0.1, -0.05) is 29.8 Å². The van der Waals surface area contributed by atoms with Crippen LogP contribution in [0.1, 0.15) is 27.1 Å². The molecule has 2 fully saturated rings. The standard InChI is InChI=1S/C23H24ClNO8/c1-25(33-23-20(28)18(26)19(27)21(32-23)22(29)30)9-14-12-4-2-3-5-16(12)31-17-7-6-11(24)8-13(17)15(14)10-25/h2-8,14-15,18-21,23,26-28H,9-10H2,1H3/p+1/t14-,15-,18-,19-,20+,21-,23-,25?/m0/s1/i1+1D3. The summed E-state index contributed by atoms with van der Waals surface area (Å²) >= 11 is 6.28. The van der Waals surface area contributed by atoms with Gasteiger partial charge in [-0.3, -0.25) is 0 Å². The van der Waals surface area contributed by atoms with E-state index >= 15 is 0 Å². The molecule has 176 valence electrons. The second-order valence-electron chi connectivity index (χ2n) is 8.63. The molecule has 2 aromatic carbocycles. The summed E-state index contributed by atoms with van der Waals surface area (Å²) in [5, 5.41) is 40.6. The van der Waals surface area contributed by atoms with Crippen LogP contribution in [0.2, 0.25) is 5.02 Å². The Labute approximate surface area is 199 Å². The van der Waals surface area contributed by atoms with Crippen molar-refractivity contribution in [2.24, 2.45) is 0 Å². The minimum atomic E-state index is -2.79. The summed E-state index contributed by atoms with van der Waals surface area (Å²) in [4.78, 5) is 17.5. The molecule has 8 atom stereocenters. The van der Waals surface area contributed by atoms with Crippen LogP contribution in [0.15, 0.2) is 42.5 Å². The van der Waals surface area contributed by atoms with E-state index in [0.29, 0.717) is 22.1 Å². The number of carbonyl (C=O) groups is 1. The number of aliphatic carboxylic acids is 1. The number of likely N-dealkylation sites (N-methyl/N-ethyl adjacent to an activating group) is 1. The number of ether oxygens (including phenoxy) is 2. The molecule has 3 aliphatic heterocycles. The number of aliphatic hydroxyl groups excluding tert-OH is 3. The number of para-hydroxylation sites is 1. The van der Waals surface area contributed by atoms with Crippen LogP contribution < -0.4 is 4.74 Å². The third-order valence-electron chi connectivity index (χ3n) is 6.50. The first-order valence-electron chi connectivity index (χ1n) is 12.0. The molecule has 0 aliphatic carbocycles. The number of quaternary nitrogens is 1. The number of hydroxylamine groups is 3. The van der Waals surface area contributed by atoms with Gasteiger partial charge in [-0.05, 0) is 24.3 Å². The quantitative estimate of drug-likeness (QED) is 0.384. The Morgan fingerprint density at radius 2 is 1.76 bits per heavy atom. The number of benzene rings is 2. The summed E-state index contributed by atoms with van der Waals surface area (Å²) in [6, 6.07) is 12.3. The summed E-state index contributed by atoms with van der Waals surface area (Å²) in [6.45, 7) is -3.00. The Kier molecular flexibility index (Phi) is 4.75. The maximum atomic E-state index is 11.6. The normalized spacial score (nSPS) is 39.0. The molecule has 0 amide bonds. The number of likely N-dealkylation sites (tertiary alicyclic amines) is 1. The van der Waals surface area contributed by atoms with Crippen molar-refractivity contribution in [2.75, 3.05) is 20.1 Å². The predicted octanol–water partition coefficient (Wildman–Crippen LogP) is 1.60. The second-order valence-corrected chi connectivity index (χ2v) is 9.07. The number of carboxylic acid groups (broad SMARTS) is 1. The Bertz CT molecular complexity index is 1180. The van der Waals surface area contributed by atoms with E-state index in [1.807, 2.05) is 12.1 Å². The Balaban J connectivity index is 1.58. The van der Waals surface area contributed by atoms with Crippen molar-refractivity contribution in [1.29, 1.82) is 0 Å². The molecule has 4 N–H and O–H groups in total. The minimum absolute atomic E-state index is 0.101. The SMILES string of the molecule is [2H][13C]([2H])([2H])[N+]1(O[C@@H]2O[C@H](C(=O)O)[C@@H](O)[C@H](O)[C@H]2O)C[C@H]2c3ccccc3Oc3ccc(Cl)cc3[C@@H]2C1. The van der Waals surface area contributed by atoms with Gasteiger partial charge in [0.2, 0.25) is 6.29 Å². The summed E-state index contributed by atoms with van der Waals surface area (Å²) in [7, 11) is 0. The zero-order valence-corrected chi connectivity index (χ0v) is 18.0. The van der Waals surface area contributed by atoms with Crippen molar-refractivity contribution in [3.63, 3.8) is 0 Å². The van der Waals surface area contributed by atoms with Crippen LogP contribution in [0, 0.1) is 0 Å². The van der Waals surface area contributed by atoms with E-state index in [2.05, 4.69) is 0 Å². The van der Waals surface area contributed by atoms with Crippen molar-refractivity contribution < 1.29 is 48.3 Å². The van der Waals surface area contributed by atoms with Gasteiger partial charge in [-0.25, -0.2) is 4.79 Å². The number of nitrogens with zero attached hydrogens (tertiary/aromatic N) is 1. The molecule has 1 unspecified atom stereocenters. The first kappa shape index (κ1) is 19.1. The van der Waals surface area contributed by atoms with Crippen molar-refractivity contribution in [1.82, 2.24) is 0 Å². The molecule has 0 aromatic heterocycles. The highest BCUT2D eigenvalue weighted by Crippen LogP contribution is 2.52. The fraction of sp³-hybridized carbons (Fsp3) is 0.435. The van der Waals surface area contributed by atoms with Crippen LogP contribution >= 0.6 is 11.6 Å². The number of carboxylic acids is 1. The van der Waals surface area contributed by atoms with Crippen LogP contribution in [0.3, 0.4) is 0 Å². The highest BCUT2D eigenvalue weighted by molar-refractivity contribution is 6.30. The van der Waals surface area contributed by atoms with Gasteiger partial charge in [0.05, 0.1) is 22.9 Å². The molecular weight excluding hydrogens is 455 g/mol. The molecule has 0 saturated carbocycles. The van der Waals surface area contributed by atoms with Gasteiger partial charge in [-0.2, -0.15) is 9.48 Å². The van der Waals surface area contributed by atoms with Crippen LogP contribution in [0.25, 0.3) is 0 Å². The molecule has 10 heteroatoms. The highest BCUT2D eigenvalue weighted by atomic mass is 35.5. The number of hydrogen-bond acceptors (Lipinski definition) is 7. The Morgan fingerprint density at radius 1 is 1.06 bits per heavy atom. The average molecular weight is 483 g/mol. The van der Waals surface area contributed by atoms with E-state index in [1.165, 1.54) is 0 Å². The maximum Gasteiger partial charge on any atom is 0.335 e. The van der Waals surface area contributed by atoms with E-state index in [1.54, 1.807) is 30.3 Å². The van der Waals surface area contributed by atoms with Gasteiger partial charge in [0.25, 0.3) is 0 Å². The number of halogens is 1. The third-order valence-corrected chi connectivity index (χ3v) is 6.73. The van der Waals surface area contributed by atoms with Gasteiger partial charge in [0, 0.05) is 16.1 Å². The molecule has 0 bridgehead atoms. The number of fused-ring (bicyclic) bond motifs is 5. The van der Waals surface area contributed by atoms with Crippen molar-refractivity contribution in [3.8, 4) is 11.5 Å². The van der Waals surface area contributed by atoms with Gasteiger partial charge in [-0.15, -0.1) is 0 Å². The first-order chi connectivity index (χ1) is 16.9. The smallest absolute Gasteiger partial charge is 0.335 e. The second kappa shape index (κ2) is 8.21. The van der Waals surface area contributed by atoms with E-state index in [-0.39, 0.29) is 13.1 Å². The van der Waals surface area contributed by atoms with Gasteiger partial charge in [0.15, 0.2) is 6.10 Å². The summed E-state index contributed by atoms with van der Waals surface area (Å²) < 4.78 is 35.5. The van der Waals surface area contributed by atoms with Gasteiger partial charge >= 0.3 is 5.97 Å². The largest absolute Gasteiger partial charge is 0.479 e. The van der Waals surface area contributed by atoms with E-state index in [9.17, 15) is 25.2 Å². The Morgan fingerprint density at radius 3 is 2.48 bits per heavy atom. The molecule has 3 aliphatic rings. The highest BCUT2D eigenvalue weighted by Gasteiger charge is 2.54. The molecule has 0 radical (unpaired) electrons. The van der Waals surface area contributed by atoms with Crippen LogP contribution in [0.5, 0.6) is 11.5 Å². The molecular formula is C23H25ClNO8+. The topological polar surface area (TPSA) is 126 Å². The maximum absolute atomic E-state index is 11.6. The average Bonchev–Trinajstić information content (AvgIpc) is 3.16. The Hall–Kier alpha value is -2.24. The fourth-order valence-electron chi connectivity index (χ4n) is 4.92. The molecule has 2 saturated heterocycles. The van der Waals surface area contributed by atoms with Crippen LogP contribution in [-0.2, 0) is 14.4 Å². The monoisotopic (exact) mass is 482 g/mol. The molecule has 2 aromatic rings. The lowest BCUT2D eigenvalue weighted by atomic mass is 9.84.